The number of halogens is 7. The molecule has 218 valence electrons. The normalized spacial score (nSPS) is 22.9. The third-order valence-electron chi connectivity index (χ3n) is 5.96. The lowest BCUT2D eigenvalue weighted by Gasteiger charge is -2.35. The van der Waals surface area contributed by atoms with Crippen molar-refractivity contribution in [3.05, 3.63) is 53.3 Å². The van der Waals surface area contributed by atoms with E-state index in [0.29, 0.717) is 5.56 Å². The fraction of sp³-hybridized carbons (Fsp3) is 0.500. The van der Waals surface area contributed by atoms with E-state index in [4.69, 9.17) is 10.5 Å². The van der Waals surface area contributed by atoms with Crippen LogP contribution in [0.1, 0.15) is 11.1 Å². The highest BCUT2D eigenvalue weighted by Gasteiger charge is 2.42. The van der Waals surface area contributed by atoms with E-state index in [2.05, 4.69) is 14.8 Å². The number of aliphatic hydroxyl groups excluding tert-OH is 1. The minimum absolute atomic E-state index is 0.0214. The fourth-order valence-corrected chi connectivity index (χ4v) is 5.80. The third kappa shape index (κ3) is 8.95. The molecule has 0 saturated carbocycles. The third-order valence-corrected chi connectivity index (χ3v) is 7.49. The molecule has 2 aromatic carbocycles. The summed E-state index contributed by atoms with van der Waals surface area (Å²) in [6.45, 7) is -0.832. The zero-order valence-electron chi connectivity index (χ0n) is 20.5. The summed E-state index contributed by atoms with van der Waals surface area (Å²) in [7, 11) is -0.374. The quantitative estimate of drug-likeness (QED) is 0.287. The molecule has 1 unspecified atom stereocenters. The maximum absolute atomic E-state index is 14.5. The van der Waals surface area contributed by atoms with Crippen LogP contribution in [0.15, 0.2) is 36.4 Å². The Kier molecular flexibility index (Phi) is 10.1. The number of hydrogen-bond acceptors (Lipinski definition) is 7. The first kappa shape index (κ1) is 30.9. The minimum Gasteiger partial charge on any atom is -0.476 e. The van der Waals surface area contributed by atoms with Crippen molar-refractivity contribution < 1.29 is 54.3 Å². The molecule has 2 aromatic rings. The second kappa shape index (κ2) is 12.7. The second-order valence-electron chi connectivity index (χ2n) is 9.00. The number of hydrogen-bond donors (Lipinski definition) is 3. The molecular weight excluding hydrogens is 561 g/mol. The van der Waals surface area contributed by atoms with Gasteiger partial charge in [-0.05, 0) is 41.8 Å². The largest absolute Gasteiger partial charge is 0.573 e. The highest BCUT2D eigenvalue weighted by molar-refractivity contribution is 7.85. The molecule has 0 amide bonds. The van der Waals surface area contributed by atoms with Gasteiger partial charge in [0.15, 0.2) is 0 Å². The predicted molar refractivity (Wildman–Crippen MR) is 128 cm³/mol. The Morgan fingerprint density at radius 3 is 2.49 bits per heavy atom. The van der Waals surface area contributed by atoms with Crippen molar-refractivity contribution in [2.24, 2.45) is 5.92 Å². The topological polar surface area (TPSA) is 103 Å². The predicted octanol–water partition coefficient (Wildman–Crippen LogP) is 3.70. The van der Waals surface area contributed by atoms with E-state index in [1.54, 1.807) is 0 Å². The number of rotatable bonds is 10. The molecular formula is C24H27F7N2O5S. The Morgan fingerprint density at radius 2 is 1.85 bits per heavy atom. The van der Waals surface area contributed by atoms with Crippen LogP contribution in [0.2, 0.25) is 0 Å². The standard InChI is InChI=1S/C24H27F7N2O5S/c1-36-10-20(23(26,27)28)37-19-8-14(7-17(25)21(19)32)5-15-11-39(35)12-18(22(15)34)33-9-13-3-2-4-16(6-13)38-24(29,30)31/h2-4,6-8,15,18,20,22,33-34H,5,9-12,32H2,1H3/t15-,18+,20-,22+,39?/m1/s1. The summed E-state index contributed by atoms with van der Waals surface area (Å²) in [6, 6.07) is 6.60. The second-order valence-corrected chi connectivity index (χ2v) is 10.5. The summed E-state index contributed by atoms with van der Waals surface area (Å²) in [5.74, 6) is -2.61. The lowest BCUT2D eigenvalue weighted by molar-refractivity contribution is -0.274. The van der Waals surface area contributed by atoms with Gasteiger partial charge in [-0.3, -0.25) is 4.21 Å². The van der Waals surface area contributed by atoms with Crippen LogP contribution in [0.25, 0.3) is 0 Å². The Morgan fingerprint density at radius 1 is 1.13 bits per heavy atom. The molecule has 15 heteroatoms. The van der Waals surface area contributed by atoms with E-state index < -0.39 is 77.1 Å². The van der Waals surface area contributed by atoms with Gasteiger partial charge in [-0.1, -0.05) is 12.1 Å². The Labute approximate surface area is 221 Å². The van der Waals surface area contributed by atoms with Gasteiger partial charge < -0.3 is 30.4 Å². The molecule has 1 aliphatic heterocycles. The number of alkyl halides is 6. The number of anilines is 1. The number of nitrogen functional groups attached to an aromatic ring is 1. The highest BCUT2D eigenvalue weighted by atomic mass is 32.2. The number of methoxy groups -OCH3 is 1. The van der Waals surface area contributed by atoms with Crippen LogP contribution in [0, 0.1) is 11.7 Å². The van der Waals surface area contributed by atoms with Crippen LogP contribution in [0.3, 0.4) is 0 Å². The van der Waals surface area contributed by atoms with E-state index >= 15 is 0 Å². The summed E-state index contributed by atoms with van der Waals surface area (Å²) in [4.78, 5) is 0. The average molecular weight is 589 g/mol. The van der Waals surface area contributed by atoms with Crippen LogP contribution < -0.4 is 20.5 Å². The summed E-state index contributed by atoms with van der Waals surface area (Å²) in [5.41, 5.74) is 5.54. The maximum atomic E-state index is 14.5. The van der Waals surface area contributed by atoms with Crippen LogP contribution in [0.5, 0.6) is 11.5 Å². The van der Waals surface area contributed by atoms with Gasteiger partial charge in [0.25, 0.3) is 0 Å². The first-order chi connectivity index (χ1) is 18.2. The molecule has 0 radical (unpaired) electrons. The van der Waals surface area contributed by atoms with Gasteiger partial charge in [-0.15, -0.1) is 13.2 Å². The zero-order chi connectivity index (χ0) is 29.0. The van der Waals surface area contributed by atoms with Gasteiger partial charge in [0.1, 0.15) is 23.0 Å². The van der Waals surface area contributed by atoms with Crippen molar-refractivity contribution in [1.82, 2.24) is 5.32 Å². The SMILES string of the molecule is COC[C@@H](Oc1cc(C[C@@H]2CS(=O)C[C@H](NCc3cccc(OC(F)(F)F)c3)[C@H]2O)cc(F)c1N)C(F)(F)F. The Hall–Kier alpha value is -2.62. The molecule has 1 aliphatic rings. The van der Waals surface area contributed by atoms with Gasteiger partial charge in [-0.2, -0.15) is 13.2 Å². The van der Waals surface area contributed by atoms with Crippen LogP contribution in [-0.2, 0) is 28.5 Å². The molecule has 4 N–H and O–H groups in total. The number of benzene rings is 2. The van der Waals surface area contributed by atoms with Crippen molar-refractivity contribution >= 4 is 16.5 Å². The van der Waals surface area contributed by atoms with Gasteiger partial charge in [0, 0.05) is 47.9 Å². The lowest BCUT2D eigenvalue weighted by Crippen LogP contribution is -2.53. The molecule has 3 rings (SSSR count). The molecule has 0 aliphatic carbocycles. The molecule has 1 fully saturated rings. The average Bonchev–Trinajstić information content (AvgIpc) is 2.81. The smallest absolute Gasteiger partial charge is 0.476 e. The molecule has 7 nitrogen and oxygen atoms in total. The monoisotopic (exact) mass is 588 g/mol. The van der Waals surface area contributed by atoms with Gasteiger partial charge in [0.05, 0.1) is 12.7 Å². The van der Waals surface area contributed by atoms with Gasteiger partial charge in [-0.25, -0.2) is 4.39 Å². The number of nitrogens with two attached hydrogens (primary N) is 1. The maximum Gasteiger partial charge on any atom is 0.573 e. The van der Waals surface area contributed by atoms with E-state index in [1.807, 2.05) is 0 Å². The molecule has 1 saturated heterocycles. The molecule has 39 heavy (non-hydrogen) atoms. The van der Waals surface area contributed by atoms with Crippen LogP contribution in [-0.4, -0.2) is 65.3 Å². The Bertz CT molecular complexity index is 1150. The van der Waals surface area contributed by atoms with Gasteiger partial charge in [0.2, 0.25) is 6.10 Å². The van der Waals surface area contributed by atoms with Crippen LogP contribution in [0.4, 0.5) is 36.4 Å². The summed E-state index contributed by atoms with van der Waals surface area (Å²) >= 11 is 0. The number of ether oxygens (including phenoxy) is 3. The van der Waals surface area contributed by atoms with Crippen LogP contribution >= 0.6 is 0 Å². The zero-order valence-corrected chi connectivity index (χ0v) is 21.3. The number of nitrogens with one attached hydrogen (secondary N) is 1. The van der Waals surface area contributed by atoms with Crippen molar-refractivity contribution in [2.75, 3.05) is 31.0 Å². The summed E-state index contributed by atoms with van der Waals surface area (Å²) in [6.07, 6.45) is -13.3. The summed E-state index contributed by atoms with van der Waals surface area (Å²) < 4.78 is 118. The summed E-state index contributed by atoms with van der Waals surface area (Å²) in [5, 5.41) is 13.9. The fourth-order valence-electron chi connectivity index (χ4n) is 4.16. The minimum atomic E-state index is -4.86. The van der Waals surface area contributed by atoms with E-state index in [-0.39, 0.29) is 30.0 Å². The van der Waals surface area contributed by atoms with Crippen molar-refractivity contribution in [2.45, 2.75) is 43.8 Å². The van der Waals surface area contributed by atoms with Crippen molar-refractivity contribution in [3.63, 3.8) is 0 Å². The Balaban J connectivity index is 1.72. The molecule has 5 atom stereocenters. The van der Waals surface area contributed by atoms with E-state index in [0.717, 1.165) is 25.3 Å². The van der Waals surface area contributed by atoms with Gasteiger partial charge >= 0.3 is 12.5 Å². The lowest BCUT2D eigenvalue weighted by atomic mass is 9.91. The van der Waals surface area contributed by atoms with E-state index in [9.17, 15) is 40.0 Å². The van der Waals surface area contributed by atoms with Crippen molar-refractivity contribution in [3.8, 4) is 11.5 Å². The number of aliphatic hydroxyl groups is 1. The van der Waals surface area contributed by atoms with Crippen molar-refractivity contribution in [1.29, 1.82) is 0 Å². The first-order valence-corrected chi connectivity index (χ1v) is 13.1. The molecule has 0 bridgehead atoms. The first-order valence-electron chi connectivity index (χ1n) is 11.6. The molecule has 0 spiro atoms. The highest BCUT2D eigenvalue weighted by Crippen LogP contribution is 2.33. The van der Waals surface area contributed by atoms with E-state index in [1.165, 1.54) is 18.2 Å². The molecule has 0 aromatic heterocycles. The molecule has 1 heterocycles.